The van der Waals surface area contributed by atoms with Gasteiger partial charge in [-0.05, 0) is 81.7 Å². The minimum atomic E-state index is -0.854. The molecule has 2 aromatic rings. The van der Waals surface area contributed by atoms with Gasteiger partial charge in [0, 0.05) is 29.7 Å². The summed E-state index contributed by atoms with van der Waals surface area (Å²) in [6.07, 6.45) is 2.57. The molecule has 0 spiro atoms. The van der Waals surface area contributed by atoms with Crippen molar-refractivity contribution in [2.24, 2.45) is 0 Å². The average molecular weight is 466 g/mol. The molecule has 0 unspecified atom stereocenters. The van der Waals surface area contributed by atoms with Crippen LogP contribution >= 0.6 is 0 Å². The lowest BCUT2D eigenvalue weighted by molar-refractivity contribution is 0.0471. The molecule has 2 amide bonds. The van der Waals surface area contributed by atoms with E-state index < -0.39 is 17.8 Å². The number of amides is 2. The van der Waals surface area contributed by atoms with Gasteiger partial charge < -0.3 is 25.8 Å². The predicted octanol–water partition coefficient (Wildman–Crippen LogP) is 5.61. The molecule has 2 fully saturated rings. The molecule has 2 saturated carbocycles. The van der Waals surface area contributed by atoms with Gasteiger partial charge in [-0.25, -0.2) is 9.59 Å². The normalized spacial score (nSPS) is 24.2. The molecule has 7 heteroatoms. The molecule has 0 radical (unpaired) electrons. The fourth-order valence-electron chi connectivity index (χ4n) is 5.03. The Hall–Kier alpha value is -3.22. The highest BCUT2D eigenvalue weighted by Gasteiger charge is 2.48. The number of carboxylic acid groups (broad SMARTS) is 1. The van der Waals surface area contributed by atoms with E-state index in [2.05, 4.69) is 29.6 Å². The highest BCUT2D eigenvalue weighted by Crippen LogP contribution is 2.47. The molecule has 182 valence electrons. The van der Waals surface area contributed by atoms with Gasteiger partial charge in [0.2, 0.25) is 0 Å². The highest BCUT2D eigenvalue weighted by atomic mass is 16.6. The number of benzene rings is 2. The van der Waals surface area contributed by atoms with E-state index in [1.54, 1.807) is 4.90 Å². The van der Waals surface area contributed by atoms with Crippen LogP contribution in [0, 0.1) is 0 Å². The Morgan fingerprint density at radius 3 is 2.29 bits per heavy atom. The number of nitrogens with zero attached hydrogens (tertiary/aromatic N) is 1. The van der Waals surface area contributed by atoms with E-state index in [4.69, 9.17) is 10.5 Å². The van der Waals surface area contributed by atoms with Crippen molar-refractivity contribution in [3.05, 3.63) is 54.1 Å². The molecule has 0 heterocycles. The lowest BCUT2D eigenvalue weighted by atomic mass is 9.90. The Balaban J connectivity index is 1.34. The first-order chi connectivity index (χ1) is 16.1. The maximum Gasteiger partial charge on any atom is 0.407 e. The molecule has 2 aliphatic carbocycles. The number of anilines is 1. The summed E-state index contributed by atoms with van der Waals surface area (Å²) in [5, 5.41) is 12.9. The van der Waals surface area contributed by atoms with Crippen molar-refractivity contribution in [3.63, 3.8) is 0 Å². The van der Waals surface area contributed by atoms with Crippen LogP contribution in [0.3, 0.4) is 0 Å². The summed E-state index contributed by atoms with van der Waals surface area (Å²) in [5.74, 6) is 0.226. The maximum absolute atomic E-state index is 12.2. The van der Waals surface area contributed by atoms with Gasteiger partial charge in [-0.15, -0.1) is 0 Å². The highest BCUT2D eigenvalue weighted by molar-refractivity contribution is 5.69. The van der Waals surface area contributed by atoms with Gasteiger partial charge in [-0.2, -0.15) is 0 Å². The first-order valence-corrected chi connectivity index (χ1v) is 12.1. The van der Waals surface area contributed by atoms with E-state index in [1.165, 1.54) is 5.56 Å². The van der Waals surface area contributed by atoms with Crippen LogP contribution < -0.4 is 11.1 Å². The lowest BCUT2D eigenvalue weighted by Gasteiger charge is -2.36. The third-order valence-corrected chi connectivity index (χ3v) is 6.70. The Morgan fingerprint density at radius 1 is 1.03 bits per heavy atom. The van der Waals surface area contributed by atoms with Crippen LogP contribution in [0.4, 0.5) is 15.3 Å². The smallest absolute Gasteiger partial charge is 0.407 e. The maximum atomic E-state index is 12.2. The summed E-state index contributed by atoms with van der Waals surface area (Å²) in [7, 11) is 0. The number of carbonyl (C=O) groups is 2. The fourth-order valence-corrected chi connectivity index (χ4v) is 5.03. The average Bonchev–Trinajstić information content (AvgIpc) is 3.54. The summed E-state index contributed by atoms with van der Waals surface area (Å²) < 4.78 is 5.35. The van der Waals surface area contributed by atoms with Gasteiger partial charge in [0.1, 0.15) is 5.60 Å². The third kappa shape index (κ3) is 5.82. The van der Waals surface area contributed by atoms with Crippen LogP contribution in [0.25, 0.3) is 11.1 Å². The zero-order valence-electron chi connectivity index (χ0n) is 20.2. The first-order valence-electron chi connectivity index (χ1n) is 12.1. The van der Waals surface area contributed by atoms with E-state index in [0.717, 1.165) is 48.9 Å². The number of nitrogens with one attached hydrogen (secondary N) is 1. The molecule has 0 aromatic heterocycles. The number of rotatable bonds is 5. The SMILES string of the molecule is CC(C)(C)OC(=O)NC1CCC(N(C(=O)O)[C@@H]2C[C@H]2c2ccc(-c3cccc(N)c3)cc2)CC1. The van der Waals surface area contributed by atoms with E-state index in [-0.39, 0.29) is 24.0 Å². The monoisotopic (exact) mass is 465 g/mol. The molecule has 0 bridgehead atoms. The standard InChI is InChI=1S/C27H35N3O4/c1-27(2,3)34-25(31)29-21-11-13-22(14-12-21)30(26(32)33)24-16-23(24)18-9-7-17(8-10-18)19-5-4-6-20(28)15-19/h4-10,15,21-24H,11-14,16,28H2,1-3H3,(H,29,31)(H,32,33)/t21?,22?,23-,24+/m0/s1. The number of ether oxygens (including phenoxy) is 1. The molecule has 2 atom stereocenters. The van der Waals surface area contributed by atoms with Crippen LogP contribution in [0.1, 0.15) is 64.4 Å². The van der Waals surface area contributed by atoms with Crippen molar-refractivity contribution >= 4 is 17.9 Å². The van der Waals surface area contributed by atoms with Crippen LogP contribution in [-0.2, 0) is 4.74 Å². The first kappa shape index (κ1) is 23.9. The van der Waals surface area contributed by atoms with E-state index >= 15 is 0 Å². The number of carbonyl (C=O) groups excluding carboxylic acids is 1. The Kier molecular flexibility index (Phi) is 6.73. The van der Waals surface area contributed by atoms with Gasteiger partial charge in [0.25, 0.3) is 0 Å². The van der Waals surface area contributed by atoms with E-state index in [1.807, 2.05) is 45.0 Å². The molecule has 34 heavy (non-hydrogen) atoms. The molecule has 4 rings (SSSR count). The van der Waals surface area contributed by atoms with Gasteiger partial charge in [-0.1, -0.05) is 36.4 Å². The van der Waals surface area contributed by atoms with Crippen molar-refractivity contribution in [1.29, 1.82) is 0 Å². The van der Waals surface area contributed by atoms with Gasteiger partial charge in [-0.3, -0.25) is 0 Å². The van der Waals surface area contributed by atoms with Crippen LogP contribution in [-0.4, -0.2) is 45.9 Å². The van der Waals surface area contributed by atoms with E-state index in [0.29, 0.717) is 0 Å². The van der Waals surface area contributed by atoms with Crippen LogP contribution in [0.5, 0.6) is 0 Å². The van der Waals surface area contributed by atoms with Gasteiger partial charge in [0.05, 0.1) is 0 Å². The summed E-state index contributed by atoms with van der Waals surface area (Å²) in [6, 6.07) is 16.2. The topological polar surface area (TPSA) is 105 Å². The number of hydrogen-bond donors (Lipinski definition) is 3. The second kappa shape index (κ2) is 9.57. The Morgan fingerprint density at radius 2 is 1.71 bits per heavy atom. The summed E-state index contributed by atoms with van der Waals surface area (Å²) in [5.41, 5.74) is 9.44. The van der Waals surface area contributed by atoms with Crippen molar-refractivity contribution in [2.45, 2.75) is 82.5 Å². The quantitative estimate of drug-likeness (QED) is 0.498. The van der Waals surface area contributed by atoms with E-state index in [9.17, 15) is 14.7 Å². The van der Waals surface area contributed by atoms with Crippen molar-refractivity contribution in [3.8, 4) is 11.1 Å². The van der Waals surface area contributed by atoms with Crippen molar-refractivity contribution in [2.75, 3.05) is 5.73 Å². The number of nitrogen functional groups attached to an aromatic ring is 1. The Labute approximate surface area is 201 Å². The molecule has 7 nitrogen and oxygen atoms in total. The molecule has 0 aliphatic heterocycles. The number of alkyl carbamates (subject to hydrolysis) is 1. The second-order valence-electron chi connectivity index (χ2n) is 10.5. The summed E-state index contributed by atoms with van der Waals surface area (Å²) >= 11 is 0. The molecule has 2 aliphatic rings. The number of hydrogen-bond acceptors (Lipinski definition) is 4. The zero-order chi connectivity index (χ0) is 24.5. The lowest BCUT2D eigenvalue weighted by Crippen LogP contribution is -2.47. The molecular formula is C27H35N3O4. The number of nitrogens with two attached hydrogens (primary N) is 1. The minimum Gasteiger partial charge on any atom is -0.465 e. The predicted molar refractivity (Wildman–Crippen MR) is 133 cm³/mol. The molecule has 2 aromatic carbocycles. The van der Waals surface area contributed by atoms with Crippen LogP contribution in [0.15, 0.2) is 48.5 Å². The fraction of sp³-hybridized carbons (Fsp3) is 0.481. The van der Waals surface area contributed by atoms with Gasteiger partial charge in [0.15, 0.2) is 0 Å². The molecular weight excluding hydrogens is 430 g/mol. The largest absolute Gasteiger partial charge is 0.465 e. The summed E-state index contributed by atoms with van der Waals surface area (Å²) in [4.78, 5) is 25.9. The zero-order valence-corrected chi connectivity index (χ0v) is 20.2. The van der Waals surface area contributed by atoms with Gasteiger partial charge >= 0.3 is 12.2 Å². The molecule has 0 saturated heterocycles. The van der Waals surface area contributed by atoms with Crippen LogP contribution in [0.2, 0.25) is 0 Å². The van der Waals surface area contributed by atoms with Crippen molar-refractivity contribution in [1.82, 2.24) is 10.2 Å². The summed E-state index contributed by atoms with van der Waals surface area (Å²) in [6.45, 7) is 5.52. The molecule has 4 N–H and O–H groups in total. The Bertz CT molecular complexity index is 1020. The minimum absolute atomic E-state index is 0.0103. The van der Waals surface area contributed by atoms with Crippen molar-refractivity contribution < 1.29 is 19.4 Å². The third-order valence-electron chi connectivity index (χ3n) is 6.70. The second-order valence-corrected chi connectivity index (χ2v) is 10.5.